The topological polar surface area (TPSA) is 63.0 Å². The van der Waals surface area contributed by atoms with Gasteiger partial charge in [-0.15, -0.1) is 0 Å². The molecule has 1 saturated carbocycles. The van der Waals surface area contributed by atoms with Gasteiger partial charge in [-0.25, -0.2) is 4.98 Å². The second-order valence-corrected chi connectivity index (χ2v) is 8.18. The number of aliphatic hydroxyl groups is 1. The van der Waals surface area contributed by atoms with Crippen molar-refractivity contribution in [3.05, 3.63) is 40.9 Å². The SMILES string of the molecule is CC(O)CC1CCC(Nc2cc(Cl)ncc2C#Cc2cnn(CC(F)(F)F)c2)CC1. The van der Waals surface area contributed by atoms with Crippen molar-refractivity contribution in [2.75, 3.05) is 5.32 Å². The number of halogens is 4. The fourth-order valence-corrected chi connectivity index (χ4v) is 3.89. The van der Waals surface area contributed by atoms with Crippen molar-refractivity contribution in [2.45, 2.75) is 63.9 Å². The van der Waals surface area contributed by atoms with Gasteiger partial charge in [-0.2, -0.15) is 18.3 Å². The summed E-state index contributed by atoms with van der Waals surface area (Å²) >= 11 is 6.05. The summed E-state index contributed by atoms with van der Waals surface area (Å²) in [7, 11) is 0. The molecule has 0 amide bonds. The zero-order valence-electron chi connectivity index (χ0n) is 16.6. The summed E-state index contributed by atoms with van der Waals surface area (Å²) in [5, 5.41) is 17.1. The molecule has 0 spiro atoms. The van der Waals surface area contributed by atoms with Crippen LogP contribution in [-0.2, 0) is 6.54 Å². The summed E-state index contributed by atoms with van der Waals surface area (Å²) in [4.78, 5) is 4.07. The standard InChI is InChI=1S/C21H24ClF3N4O/c1-14(30)8-15-3-6-18(7-4-15)28-19-9-20(22)26-11-17(19)5-2-16-10-27-29(12-16)13-21(23,24)25/h9-12,14-15,18,30H,3-4,6-8,13H2,1H3,(H,26,28). The van der Waals surface area contributed by atoms with Gasteiger partial charge in [-0.1, -0.05) is 23.4 Å². The molecule has 2 N–H and O–H groups in total. The maximum Gasteiger partial charge on any atom is 0.408 e. The molecule has 1 aliphatic rings. The minimum atomic E-state index is -4.33. The smallest absolute Gasteiger partial charge is 0.393 e. The highest BCUT2D eigenvalue weighted by atomic mass is 35.5. The number of rotatable bonds is 5. The molecule has 3 rings (SSSR count). The molecule has 0 radical (unpaired) electrons. The average molecular weight is 441 g/mol. The zero-order chi connectivity index (χ0) is 21.7. The Morgan fingerprint density at radius 3 is 2.67 bits per heavy atom. The fraction of sp³-hybridized carbons (Fsp3) is 0.524. The van der Waals surface area contributed by atoms with E-state index in [4.69, 9.17) is 11.6 Å². The first-order valence-corrected chi connectivity index (χ1v) is 10.3. The number of hydrogen-bond acceptors (Lipinski definition) is 4. The van der Waals surface area contributed by atoms with E-state index in [0.29, 0.717) is 22.2 Å². The first-order chi connectivity index (χ1) is 14.2. The Hall–Kier alpha value is -2.24. The van der Waals surface area contributed by atoms with E-state index < -0.39 is 12.7 Å². The van der Waals surface area contributed by atoms with Crippen LogP contribution in [-0.4, -0.2) is 38.2 Å². The first kappa shape index (κ1) is 22.4. The molecule has 5 nitrogen and oxygen atoms in total. The van der Waals surface area contributed by atoms with Gasteiger partial charge in [0.25, 0.3) is 0 Å². The number of nitrogens with one attached hydrogen (secondary N) is 1. The molecule has 9 heteroatoms. The molecular weight excluding hydrogens is 417 g/mol. The van der Waals surface area contributed by atoms with Gasteiger partial charge in [0.1, 0.15) is 11.7 Å². The summed E-state index contributed by atoms with van der Waals surface area (Å²) in [6, 6.07) is 1.98. The summed E-state index contributed by atoms with van der Waals surface area (Å²) in [6.07, 6.45) is 4.38. The number of anilines is 1. The van der Waals surface area contributed by atoms with Crippen LogP contribution in [0, 0.1) is 17.8 Å². The molecular formula is C21H24ClF3N4O. The van der Waals surface area contributed by atoms with Crippen molar-refractivity contribution in [1.82, 2.24) is 14.8 Å². The maximum absolute atomic E-state index is 12.5. The lowest BCUT2D eigenvalue weighted by atomic mass is 9.83. The molecule has 1 unspecified atom stereocenters. The second-order valence-electron chi connectivity index (χ2n) is 7.79. The maximum atomic E-state index is 12.5. The van der Waals surface area contributed by atoms with E-state index >= 15 is 0 Å². The predicted octanol–water partition coefficient (Wildman–Crippen LogP) is 4.64. The zero-order valence-corrected chi connectivity index (χ0v) is 17.3. The molecule has 2 aromatic rings. The second kappa shape index (κ2) is 9.71. The molecule has 0 aromatic carbocycles. The minimum Gasteiger partial charge on any atom is -0.393 e. The van der Waals surface area contributed by atoms with E-state index in [9.17, 15) is 18.3 Å². The van der Waals surface area contributed by atoms with Crippen molar-refractivity contribution in [3.63, 3.8) is 0 Å². The van der Waals surface area contributed by atoms with E-state index in [1.54, 1.807) is 12.3 Å². The molecule has 1 aliphatic carbocycles. The lowest BCUT2D eigenvalue weighted by Crippen LogP contribution is -2.27. The Labute approximate surface area is 178 Å². The van der Waals surface area contributed by atoms with E-state index in [1.807, 2.05) is 6.92 Å². The third kappa shape index (κ3) is 6.92. The van der Waals surface area contributed by atoms with Gasteiger partial charge in [-0.3, -0.25) is 4.68 Å². The van der Waals surface area contributed by atoms with Crippen molar-refractivity contribution >= 4 is 17.3 Å². The fourth-order valence-electron chi connectivity index (χ4n) is 3.73. The average Bonchev–Trinajstić information content (AvgIpc) is 3.08. The van der Waals surface area contributed by atoms with Gasteiger partial charge in [0.15, 0.2) is 0 Å². The van der Waals surface area contributed by atoms with Gasteiger partial charge < -0.3 is 10.4 Å². The van der Waals surface area contributed by atoms with Crippen molar-refractivity contribution in [2.24, 2.45) is 5.92 Å². The Bertz CT molecular complexity index is 909. The first-order valence-electron chi connectivity index (χ1n) is 9.89. The molecule has 162 valence electrons. The van der Waals surface area contributed by atoms with Gasteiger partial charge >= 0.3 is 6.18 Å². The van der Waals surface area contributed by atoms with Crippen LogP contribution in [0.4, 0.5) is 18.9 Å². The van der Waals surface area contributed by atoms with Crippen LogP contribution in [0.5, 0.6) is 0 Å². The van der Waals surface area contributed by atoms with Crippen LogP contribution in [0.3, 0.4) is 0 Å². The van der Waals surface area contributed by atoms with Crippen molar-refractivity contribution in [1.29, 1.82) is 0 Å². The van der Waals surface area contributed by atoms with Crippen LogP contribution >= 0.6 is 11.6 Å². The Balaban J connectivity index is 1.68. The van der Waals surface area contributed by atoms with E-state index in [0.717, 1.165) is 42.5 Å². The normalized spacial score (nSPS) is 20.3. The third-order valence-electron chi connectivity index (χ3n) is 5.07. The Morgan fingerprint density at radius 1 is 1.27 bits per heavy atom. The van der Waals surface area contributed by atoms with Gasteiger partial charge in [0.05, 0.1) is 29.1 Å². The summed E-state index contributed by atoms with van der Waals surface area (Å²) in [5.74, 6) is 6.34. The van der Waals surface area contributed by atoms with Gasteiger partial charge in [-0.05, 0) is 51.0 Å². The molecule has 0 bridgehead atoms. The highest BCUT2D eigenvalue weighted by Crippen LogP contribution is 2.30. The molecule has 0 saturated heterocycles. The summed E-state index contributed by atoms with van der Waals surface area (Å²) in [5.41, 5.74) is 1.76. The third-order valence-corrected chi connectivity index (χ3v) is 5.27. The molecule has 2 aromatic heterocycles. The highest BCUT2D eigenvalue weighted by Gasteiger charge is 2.28. The summed E-state index contributed by atoms with van der Waals surface area (Å²) in [6.45, 7) is 0.669. The van der Waals surface area contributed by atoms with Crippen LogP contribution < -0.4 is 5.32 Å². The van der Waals surface area contributed by atoms with E-state index in [1.165, 1.54) is 12.4 Å². The van der Waals surface area contributed by atoms with E-state index in [-0.39, 0.29) is 12.1 Å². The molecule has 30 heavy (non-hydrogen) atoms. The van der Waals surface area contributed by atoms with Crippen molar-refractivity contribution in [3.8, 4) is 11.8 Å². The predicted molar refractivity (Wildman–Crippen MR) is 109 cm³/mol. The van der Waals surface area contributed by atoms with Crippen LogP contribution in [0.2, 0.25) is 5.15 Å². The largest absolute Gasteiger partial charge is 0.408 e. The molecule has 1 atom stereocenters. The van der Waals surface area contributed by atoms with Crippen LogP contribution in [0.15, 0.2) is 24.7 Å². The van der Waals surface area contributed by atoms with Gasteiger partial charge in [0, 0.05) is 18.4 Å². The Morgan fingerprint density at radius 2 is 2.00 bits per heavy atom. The molecule has 1 fully saturated rings. The lowest BCUT2D eigenvalue weighted by Gasteiger charge is -2.30. The van der Waals surface area contributed by atoms with E-state index in [2.05, 4.69) is 27.2 Å². The van der Waals surface area contributed by atoms with Gasteiger partial charge in [0.2, 0.25) is 0 Å². The number of nitrogens with zero attached hydrogens (tertiary/aromatic N) is 3. The molecule has 0 aliphatic heterocycles. The number of aromatic nitrogens is 3. The monoisotopic (exact) mass is 440 g/mol. The number of alkyl halides is 3. The lowest BCUT2D eigenvalue weighted by molar-refractivity contribution is -0.142. The number of pyridine rings is 1. The Kier molecular flexibility index (Phi) is 7.27. The quantitative estimate of drug-likeness (QED) is 0.525. The number of hydrogen-bond donors (Lipinski definition) is 2. The van der Waals surface area contributed by atoms with Crippen molar-refractivity contribution < 1.29 is 18.3 Å². The number of aliphatic hydroxyl groups excluding tert-OH is 1. The highest BCUT2D eigenvalue weighted by molar-refractivity contribution is 6.29. The van der Waals surface area contributed by atoms with Crippen LogP contribution in [0.1, 0.15) is 50.2 Å². The summed E-state index contributed by atoms with van der Waals surface area (Å²) < 4.78 is 38.2. The molecule has 2 heterocycles. The van der Waals surface area contributed by atoms with Crippen LogP contribution in [0.25, 0.3) is 0 Å². The minimum absolute atomic E-state index is 0.267.